The average molecular weight is 328 g/mol. The van der Waals surface area contributed by atoms with Crippen molar-refractivity contribution in [2.75, 3.05) is 13.1 Å². The molecule has 0 radical (unpaired) electrons. The Balaban J connectivity index is 2.47. The number of nitrogens with zero attached hydrogens (tertiary/aromatic N) is 2. The van der Waals surface area contributed by atoms with Crippen molar-refractivity contribution in [3.8, 4) is 0 Å². The Bertz CT molecular complexity index is 413. The second kappa shape index (κ2) is 7.60. The Labute approximate surface area is 123 Å². The molecule has 1 N–H and O–H groups in total. The van der Waals surface area contributed by atoms with Gasteiger partial charge in [0.2, 0.25) is 0 Å². The summed E-state index contributed by atoms with van der Waals surface area (Å²) in [5, 5.41) is 2.90. The van der Waals surface area contributed by atoms with Crippen LogP contribution in [-0.4, -0.2) is 41.0 Å². The van der Waals surface area contributed by atoms with Gasteiger partial charge in [-0.3, -0.25) is 9.69 Å². The quantitative estimate of drug-likeness (QED) is 0.817. The Kier molecular flexibility index (Phi) is 6.45. The molecule has 0 unspecified atom stereocenters. The van der Waals surface area contributed by atoms with Gasteiger partial charge in [0.05, 0.1) is 0 Å². The van der Waals surface area contributed by atoms with E-state index in [2.05, 4.69) is 58.8 Å². The van der Waals surface area contributed by atoms with Crippen LogP contribution < -0.4 is 5.32 Å². The number of carbonyl (C=O) groups excluding carboxylic acids is 1. The molecular formula is C14H22BrN3O. The van der Waals surface area contributed by atoms with Crippen molar-refractivity contribution in [1.82, 2.24) is 15.2 Å². The Morgan fingerprint density at radius 1 is 1.32 bits per heavy atom. The first-order valence-electron chi connectivity index (χ1n) is 6.58. The number of hydrogen-bond acceptors (Lipinski definition) is 3. The van der Waals surface area contributed by atoms with Crippen molar-refractivity contribution in [2.45, 2.75) is 39.8 Å². The lowest BCUT2D eigenvalue weighted by Crippen LogP contribution is -2.42. The summed E-state index contributed by atoms with van der Waals surface area (Å²) in [5.74, 6) is -0.131. The van der Waals surface area contributed by atoms with Crippen LogP contribution in [0, 0.1) is 0 Å². The van der Waals surface area contributed by atoms with E-state index in [1.165, 1.54) is 0 Å². The molecule has 0 atom stereocenters. The van der Waals surface area contributed by atoms with Crippen LogP contribution in [0.3, 0.4) is 0 Å². The topological polar surface area (TPSA) is 45.2 Å². The fraction of sp³-hybridized carbons (Fsp3) is 0.571. The highest BCUT2D eigenvalue weighted by Gasteiger charge is 2.13. The van der Waals surface area contributed by atoms with Gasteiger partial charge in [-0.25, -0.2) is 4.98 Å². The first-order valence-corrected chi connectivity index (χ1v) is 7.37. The van der Waals surface area contributed by atoms with Crippen LogP contribution in [-0.2, 0) is 0 Å². The molecule has 19 heavy (non-hydrogen) atoms. The highest BCUT2D eigenvalue weighted by molar-refractivity contribution is 9.10. The maximum absolute atomic E-state index is 11.9. The SMILES string of the molecule is CC(C)N(CCNC(=O)c1cccc(Br)n1)C(C)C. The minimum atomic E-state index is -0.131. The zero-order valence-corrected chi connectivity index (χ0v) is 13.6. The van der Waals surface area contributed by atoms with Crippen molar-refractivity contribution in [3.05, 3.63) is 28.5 Å². The van der Waals surface area contributed by atoms with E-state index in [0.29, 0.717) is 28.9 Å². The van der Waals surface area contributed by atoms with E-state index in [0.717, 1.165) is 6.54 Å². The smallest absolute Gasteiger partial charge is 0.269 e. The van der Waals surface area contributed by atoms with Gasteiger partial charge >= 0.3 is 0 Å². The first kappa shape index (κ1) is 16.1. The predicted molar refractivity (Wildman–Crippen MR) is 81.2 cm³/mol. The number of rotatable bonds is 6. The van der Waals surface area contributed by atoms with Crippen LogP contribution in [0.15, 0.2) is 22.8 Å². The van der Waals surface area contributed by atoms with Gasteiger partial charge < -0.3 is 5.32 Å². The average Bonchev–Trinajstić information content (AvgIpc) is 2.33. The normalized spacial score (nSPS) is 11.4. The van der Waals surface area contributed by atoms with Gasteiger partial charge in [0.1, 0.15) is 10.3 Å². The molecule has 1 amide bonds. The van der Waals surface area contributed by atoms with Gasteiger partial charge in [-0.2, -0.15) is 0 Å². The molecular weight excluding hydrogens is 306 g/mol. The maximum Gasteiger partial charge on any atom is 0.269 e. The molecule has 1 aromatic heterocycles. The van der Waals surface area contributed by atoms with E-state index in [-0.39, 0.29) is 5.91 Å². The largest absolute Gasteiger partial charge is 0.349 e. The van der Waals surface area contributed by atoms with Gasteiger partial charge in [-0.05, 0) is 55.8 Å². The van der Waals surface area contributed by atoms with Crippen LogP contribution >= 0.6 is 15.9 Å². The number of aromatic nitrogens is 1. The highest BCUT2D eigenvalue weighted by Crippen LogP contribution is 2.06. The molecule has 4 nitrogen and oxygen atoms in total. The van der Waals surface area contributed by atoms with Gasteiger partial charge in [-0.1, -0.05) is 6.07 Å². The molecule has 0 spiro atoms. The molecule has 0 aromatic carbocycles. The zero-order valence-electron chi connectivity index (χ0n) is 12.0. The molecule has 0 aliphatic rings. The molecule has 106 valence electrons. The van der Waals surface area contributed by atoms with Gasteiger partial charge in [0.15, 0.2) is 0 Å². The molecule has 1 heterocycles. The summed E-state index contributed by atoms with van der Waals surface area (Å²) in [6.07, 6.45) is 0. The Morgan fingerprint density at radius 3 is 2.47 bits per heavy atom. The fourth-order valence-electron chi connectivity index (χ4n) is 2.04. The van der Waals surface area contributed by atoms with E-state index in [9.17, 15) is 4.79 Å². The number of pyridine rings is 1. The summed E-state index contributed by atoms with van der Waals surface area (Å²) >= 11 is 3.26. The molecule has 1 aromatic rings. The first-order chi connectivity index (χ1) is 8.91. The summed E-state index contributed by atoms with van der Waals surface area (Å²) in [7, 11) is 0. The van der Waals surface area contributed by atoms with Crippen LogP contribution in [0.25, 0.3) is 0 Å². The molecule has 5 heteroatoms. The second-order valence-corrected chi connectivity index (χ2v) is 5.84. The molecule has 0 aliphatic carbocycles. The molecule has 0 saturated heterocycles. The summed E-state index contributed by atoms with van der Waals surface area (Å²) in [6.45, 7) is 10.1. The van der Waals surface area contributed by atoms with E-state index in [1.807, 2.05) is 0 Å². The van der Waals surface area contributed by atoms with Crippen molar-refractivity contribution >= 4 is 21.8 Å². The second-order valence-electron chi connectivity index (χ2n) is 5.03. The lowest BCUT2D eigenvalue weighted by molar-refractivity contribution is 0.0934. The van der Waals surface area contributed by atoms with E-state index in [1.54, 1.807) is 18.2 Å². The third kappa shape index (κ3) is 5.28. The molecule has 0 aliphatic heterocycles. The van der Waals surface area contributed by atoms with Gasteiger partial charge in [0.25, 0.3) is 5.91 Å². The van der Waals surface area contributed by atoms with Crippen LogP contribution in [0.4, 0.5) is 0 Å². The Morgan fingerprint density at radius 2 is 1.95 bits per heavy atom. The van der Waals surface area contributed by atoms with Crippen molar-refractivity contribution in [1.29, 1.82) is 0 Å². The van der Waals surface area contributed by atoms with Crippen molar-refractivity contribution in [2.24, 2.45) is 0 Å². The lowest BCUT2D eigenvalue weighted by Gasteiger charge is -2.30. The van der Waals surface area contributed by atoms with Gasteiger partial charge in [0, 0.05) is 25.2 Å². The third-order valence-corrected chi connectivity index (χ3v) is 3.37. The fourth-order valence-corrected chi connectivity index (χ4v) is 2.38. The van der Waals surface area contributed by atoms with Crippen LogP contribution in [0.5, 0.6) is 0 Å². The maximum atomic E-state index is 11.9. The molecule has 0 saturated carbocycles. The Hall–Kier alpha value is -0.940. The summed E-state index contributed by atoms with van der Waals surface area (Å²) in [6, 6.07) is 6.26. The van der Waals surface area contributed by atoms with Gasteiger partial charge in [-0.15, -0.1) is 0 Å². The van der Waals surface area contributed by atoms with Crippen molar-refractivity contribution < 1.29 is 4.79 Å². The number of amides is 1. The standard InChI is InChI=1S/C14H22BrN3O/c1-10(2)18(11(3)4)9-8-16-14(19)12-6-5-7-13(15)17-12/h5-7,10-11H,8-9H2,1-4H3,(H,16,19). The number of halogens is 1. The summed E-state index contributed by atoms with van der Waals surface area (Å²) in [5.41, 5.74) is 0.440. The minimum absolute atomic E-state index is 0.131. The van der Waals surface area contributed by atoms with Crippen LogP contribution in [0.2, 0.25) is 0 Å². The minimum Gasteiger partial charge on any atom is -0.349 e. The van der Waals surface area contributed by atoms with E-state index >= 15 is 0 Å². The summed E-state index contributed by atoms with van der Waals surface area (Å²) in [4.78, 5) is 18.4. The zero-order chi connectivity index (χ0) is 14.4. The van der Waals surface area contributed by atoms with E-state index in [4.69, 9.17) is 0 Å². The molecule has 1 rings (SSSR count). The highest BCUT2D eigenvalue weighted by atomic mass is 79.9. The van der Waals surface area contributed by atoms with E-state index < -0.39 is 0 Å². The van der Waals surface area contributed by atoms with Crippen LogP contribution in [0.1, 0.15) is 38.2 Å². The monoisotopic (exact) mass is 327 g/mol. The number of carbonyl (C=O) groups is 1. The third-order valence-electron chi connectivity index (χ3n) is 2.93. The molecule has 0 bridgehead atoms. The van der Waals surface area contributed by atoms with Crippen molar-refractivity contribution in [3.63, 3.8) is 0 Å². The summed E-state index contributed by atoms with van der Waals surface area (Å²) < 4.78 is 0.672. The lowest BCUT2D eigenvalue weighted by atomic mass is 10.2. The number of hydrogen-bond donors (Lipinski definition) is 1. The molecule has 0 fully saturated rings. The predicted octanol–water partition coefficient (Wildman–Crippen LogP) is 2.69. The number of nitrogens with one attached hydrogen (secondary N) is 1.